The maximum Gasteiger partial charge on any atom is 0.471 e. The molecule has 2 heterocycles. The fourth-order valence-electron chi connectivity index (χ4n) is 4.00. The second kappa shape index (κ2) is 7.85. The summed E-state index contributed by atoms with van der Waals surface area (Å²) in [5.74, 6) is -6.34. The first-order valence-corrected chi connectivity index (χ1v) is 8.97. The molecular formula is C18H18F6N3O2. The van der Waals surface area contributed by atoms with E-state index in [1.807, 2.05) is 0 Å². The summed E-state index contributed by atoms with van der Waals surface area (Å²) in [6.45, 7) is -0.0130. The molecule has 29 heavy (non-hydrogen) atoms. The first-order valence-electron chi connectivity index (χ1n) is 8.97. The number of hydrogen-bond acceptors (Lipinski definition) is 2. The summed E-state index contributed by atoms with van der Waals surface area (Å²) in [5, 5.41) is 0. The molecule has 1 N–H and O–H groups in total. The number of halogens is 6. The number of carbonyl (C=O) groups excluding carboxylic acids is 2. The lowest BCUT2D eigenvalue weighted by atomic mass is 10.0. The van der Waals surface area contributed by atoms with E-state index in [0.717, 1.165) is 0 Å². The third kappa shape index (κ3) is 4.49. The van der Waals surface area contributed by atoms with Crippen molar-refractivity contribution in [2.24, 2.45) is 5.92 Å². The lowest BCUT2D eigenvalue weighted by molar-refractivity contribution is -0.184. The topological polar surface area (TPSA) is 64.4 Å². The third-order valence-electron chi connectivity index (χ3n) is 5.37. The van der Waals surface area contributed by atoms with Crippen molar-refractivity contribution in [1.82, 2.24) is 15.5 Å². The molecular weight excluding hydrogens is 404 g/mol. The highest BCUT2D eigenvalue weighted by Crippen LogP contribution is 2.34. The molecule has 3 rings (SSSR count). The van der Waals surface area contributed by atoms with Crippen LogP contribution in [-0.4, -0.2) is 59.5 Å². The molecule has 5 nitrogen and oxygen atoms in total. The van der Waals surface area contributed by atoms with Crippen molar-refractivity contribution in [3.63, 3.8) is 0 Å². The molecule has 2 aliphatic heterocycles. The van der Waals surface area contributed by atoms with E-state index in [1.54, 1.807) is 0 Å². The van der Waals surface area contributed by atoms with Gasteiger partial charge in [-0.25, -0.2) is 13.2 Å². The number of nitrogens with one attached hydrogen (secondary N) is 1. The number of benzene rings is 1. The van der Waals surface area contributed by atoms with Crippen LogP contribution in [0.5, 0.6) is 0 Å². The number of fused-ring (bicyclic) bond motifs is 1. The largest absolute Gasteiger partial charge is 0.471 e. The fraction of sp³-hybridized carbons (Fsp3) is 0.556. The molecule has 0 bridgehead atoms. The molecule has 0 spiro atoms. The van der Waals surface area contributed by atoms with Gasteiger partial charge in [0.25, 0.3) is 0 Å². The Morgan fingerprint density at radius 1 is 1.10 bits per heavy atom. The van der Waals surface area contributed by atoms with Crippen LogP contribution in [-0.2, 0) is 16.0 Å². The number of amides is 2. The lowest BCUT2D eigenvalue weighted by Gasteiger charge is -2.26. The maximum absolute atomic E-state index is 13.7. The Balaban J connectivity index is 1.60. The summed E-state index contributed by atoms with van der Waals surface area (Å²) < 4.78 is 77.8. The number of nitrogens with zero attached hydrogens (tertiary/aromatic N) is 2. The van der Waals surface area contributed by atoms with Gasteiger partial charge in [0, 0.05) is 44.1 Å². The molecule has 0 aliphatic carbocycles. The Morgan fingerprint density at radius 2 is 1.76 bits per heavy atom. The molecule has 1 aromatic rings. The summed E-state index contributed by atoms with van der Waals surface area (Å²) in [6, 6.07) is -0.689. The van der Waals surface area contributed by atoms with E-state index in [-0.39, 0.29) is 37.4 Å². The zero-order valence-corrected chi connectivity index (χ0v) is 15.1. The Kier molecular flexibility index (Phi) is 5.79. The van der Waals surface area contributed by atoms with Crippen molar-refractivity contribution in [2.75, 3.05) is 19.6 Å². The van der Waals surface area contributed by atoms with Crippen LogP contribution in [0.1, 0.15) is 18.4 Å². The van der Waals surface area contributed by atoms with Crippen LogP contribution in [0.3, 0.4) is 0 Å². The average Bonchev–Trinajstić information content (AvgIpc) is 3.18. The summed E-state index contributed by atoms with van der Waals surface area (Å²) in [6.07, 6.45) is -5.21. The van der Waals surface area contributed by atoms with Crippen LogP contribution < -0.4 is 5.73 Å². The molecule has 3 atom stereocenters. The van der Waals surface area contributed by atoms with Crippen LogP contribution in [0.15, 0.2) is 12.1 Å². The molecule has 0 aromatic heterocycles. The monoisotopic (exact) mass is 422 g/mol. The molecule has 2 amide bonds. The predicted molar refractivity (Wildman–Crippen MR) is 87.8 cm³/mol. The SMILES string of the molecule is [NH][C@@H](CC(=O)N1CC[C@H]2CN(C(=O)C(F)(F)F)C[C@H]21)Cc1cc(F)c(F)cc1F. The molecule has 1 aromatic carbocycles. The van der Waals surface area contributed by atoms with Gasteiger partial charge in [-0.2, -0.15) is 13.2 Å². The average molecular weight is 422 g/mol. The molecule has 2 aliphatic rings. The molecule has 0 unspecified atom stereocenters. The van der Waals surface area contributed by atoms with Gasteiger partial charge < -0.3 is 9.80 Å². The Hall–Kier alpha value is -2.30. The van der Waals surface area contributed by atoms with Crippen LogP contribution in [0, 0.1) is 23.4 Å². The van der Waals surface area contributed by atoms with Crippen molar-refractivity contribution in [3.05, 3.63) is 35.1 Å². The van der Waals surface area contributed by atoms with E-state index in [2.05, 4.69) is 0 Å². The summed E-state index contributed by atoms with van der Waals surface area (Å²) >= 11 is 0. The van der Waals surface area contributed by atoms with Gasteiger partial charge in [0.05, 0.1) is 6.04 Å². The number of carbonyl (C=O) groups is 2. The molecule has 11 heteroatoms. The van der Waals surface area contributed by atoms with Gasteiger partial charge in [0.1, 0.15) is 5.82 Å². The van der Waals surface area contributed by atoms with Gasteiger partial charge in [-0.3, -0.25) is 15.3 Å². The maximum atomic E-state index is 13.7. The smallest absolute Gasteiger partial charge is 0.338 e. The quantitative estimate of drug-likeness (QED) is 0.552. The zero-order chi connectivity index (χ0) is 21.5. The first kappa shape index (κ1) is 21.4. The van der Waals surface area contributed by atoms with Gasteiger partial charge in [-0.05, 0) is 24.5 Å². The highest BCUT2D eigenvalue weighted by molar-refractivity contribution is 5.83. The van der Waals surface area contributed by atoms with E-state index in [4.69, 9.17) is 5.73 Å². The van der Waals surface area contributed by atoms with Crippen molar-refractivity contribution >= 4 is 11.8 Å². The van der Waals surface area contributed by atoms with Crippen LogP contribution >= 0.6 is 0 Å². The second-order valence-corrected chi connectivity index (χ2v) is 7.37. The summed E-state index contributed by atoms with van der Waals surface area (Å²) in [4.78, 5) is 26.0. The number of alkyl halides is 3. The normalized spacial score (nSPS) is 22.7. The highest BCUT2D eigenvalue weighted by atomic mass is 19.4. The van der Waals surface area contributed by atoms with E-state index in [0.29, 0.717) is 30.0 Å². The Labute approximate surface area is 162 Å². The highest BCUT2D eigenvalue weighted by Gasteiger charge is 2.50. The fourth-order valence-corrected chi connectivity index (χ4v) is 4.00. The molecule has 159 valence electrons. The van der Waals surface area contributed by atoms with Crippen LogP contribution in [0.2, 0.25) is 0 Å². The standard InChI is InChI=1S/C18H18F6N3O2/c19-12-6-14(21)13(20)4-10(12)3-11(25)5-16(28)27-2-1-9-7-26(8-15(9)27)17(29)18(22,23)24/h4,6,9,11,15,25H,1-3,5,7-8H2/t9-,11+,15+/m0/s1. The molecule has 2 saturated heterocycles. The van der Waals surface area contributed by atoms with Crippen LogP contribution in [0.25, 0.3) is 0 Å². The Morgan fingerprint density at radius 3 is 2.41 bits per heavy atom. The van der Waals surface area contributed by atoms with Gasteiger partial charge in [0.15, 0.2) is 11.6 Å². The molecule has 2 fully saturated rings. The van der Waals surface area contributed by atoms with Crippen molar-refractivity contribution < 1.29 is 35.9 Å². The van der Waals surface area contributed by atoms with Gasteiger partial charge >= 0.3 is 12.1 Å². The third-order valence-corrected chi connectivity index (χ3v) is 5.37. The predicted octanol–water partition coefficient (Wildman–Crippen LogP) is 2.31. The number of likely N-dealkylation sites (tertiary alicyclic amines) is 2. The zero-order valence-electron chi connectivity index (χ0n) is 15.1. The van der Waals surface area contributed by atoms with Crippen LogP contribution in [0.4, 0.5) is 26.3 Å². The minimum Gasteiger partial charge on any atom is -0.338 e. The van der Waals surface area contributed by atoms with Gasteiger partial charge in [-0.15, -0.1) is 0 Å². The van der Waals surface area contributed by atoms with Crippen molar-refractivity contribution in [3.8, 4) is 0 Å². The lowest BCUT2D eigenvalue weighted by Crippen LogP contribution is -2.44. The van der Waals surface area contributed by atoms with Crippen molar-refractivity contribution in [2.45, 2.75) is 37.5 Å². The first-order chi connectivity index (χ1) is 13.5. The Bertz CT molecular complexity index is 816. The van der Waals surface area contributed by atoms with Gasteiger partial charge in [-0.1, -0.05) is 0 Å². The van der Waals surface area contributed by atoms with E-state index in [1.165, 1.54) is 4.90 Å². The minimum atomic E-state index is -4.98. The van der Waals surface area contributed by atoms with E-state index < -0.39 is 47.5 Å². The van der Waals surface area contributed by atoms with E-state index in [9.17, 15) is 35.9 Å². The molecule has 1 radical (unpaired) electrons. The van der Waals surface area contributed by atoms with Crippen molar-refractivity contribution in [1.29, 1.82) is 0 Å². The summed E-state index contributed by atoms with van der Waals surface area (Å²) in [7, 11) is 0. The van der Waals surface area contributed by atoms with Gasteiger partial charge in [0.2, 0.25) is 5.91 Å². The minimum absolute atomic E-state index is 0.0861. The molecule has 0 saturated carbocycles. The van der Waals surface area contributed by atoms with E-state index >= 15 is 0 Å². The number of rotatable bonds is 4. The number of hydrogen-bond donors (Lipinski definition) is 0. The summed E-state index contributed by atoms with van der Waals surface area (Å²) in [5.41, 5.74) is 7.72. The second-order valence-electron chi connectivity index (χ2n) is 7.37.